The Morgan fingerprint density at radius 1 is 1.48 bits per heavy atom. The lowest BCUT2D eigenvalue weighted by Gasteiger charge is -2.35. The number of nitrogens with two attached hydrogens (primary N) is 1. The maximum absolute atomic E-state index is 12.8. The van der Waals surface area contributed by atoms with E-state index in [1.165, 1.54) is 10.4 Å². The minimum absolute atomic E-state index is 0.0363. The number of ether oxygens (including phenoxy) is 1. The lowest BCUT2D eigenvalue weighted by Crippen LogP contribution is -2.50. The lowest BCUT2D eigenvalue weighted by atomic mass is 10.2. The number of sulfonamides is 1. The second-order valence-electron chi connectivity index (χ2n) is 4.93. The van der Waals surface area contributed by atoms with Crippen molar-refractivity contribution in [3.05, 3.63) is 29.8 Å². The fourth-order valence-corrected chi connectivity index (χ4v) is 4.33. The Morgan fingerprint density at radius 2 is 2.14 bits per heavy atom. The molecule has 1 fully saturated rings. The SMILES string of the molecule is CC1CN(S(=O)(=O)c2ccccc2C(N)=S)CC(CO)O1. The van der Waals surface area contributed by atoms with Crippen molar-refractivity contribution in [3.8, 4) is 0 Å². The number of rotatable bonds is 4. The summed E-state index contributed by atoms with van der Waals surface area (Å²) in [6, 6.07) is 6.38. The van der Waals surface area contributed by atoms with Gasteiger partial charge < -0.3 is 15.6 Å². The van der Waals surface area contributed by atoms with Gasteiger partial charge in [-0.05, 0) is 13.0 Å². The van der Waals surface area contributed by atoms with Gasteiger partial charge in [0.05, 0.1) is 23.7 Å². The molecule has 116 valence electrons. The van der Waals surface area contributed by atoms with E-state index in [2.05, 4.69) is 0 Å². The number of nitrogens with zero attached hydrogens (tertiary/aromatic N) is 1. The maximum atomic E-state index is 12.8. The van der Waals surface area contributed by atoms with Crippen molar-refractivity contribution in [1.82, 2.24) is 4.31 Å². The summed E-state index contributed by atoms with van der Waals surface area (Å²) < 4.78 is 32.4. The van der Waals surface area contributed by atoms with Crippen LogP contribution < -0.4 is 5.73 Å². The van der Waals surface area contributed by atoms with Crippen molar-refractivity contribution >= 4 is 27.2 Å². The van der Waals surface area contributed by atoms with Gasteiger partial charge in [0.2, 0.25) is 10.0 Å². The Balaban J connectivity index is 2.40. The second kappa shape index (κ2) is 6.37. The highest BCUT2D eigenvalue weighted by Gasteiger charge is 2.34. The van der Waals surface area contributed by atoms with Crippen molar-refractivity contribution in [2.45, 2.75) is 24.0 Å². The minimum atomic E-state index is -3.74. The zero-order valence-corrected chi connectivity index (χ0v) is 13.2. The molecule has 1 saturated heterocycles. The van der Waals surface area contributed by atoms with E-state index in [0.717, 1.165) is 0 Å². The third-order valence-electron chi connectivity index (χ3n) is 3.27. The van der Waals surface area contributed by atoms with E-state index < -0.39 is 16.1 Å². The molecule has 3 N–H and O–H groups in total. The van der Waals surface area contributed by atoms with Crippen molar-refractivity contribution in [3.63, 3.8) is 0 Å². The summed E-state index contributed by atoms with van der Waals surface area (Å²) in [4.78, 5) is 0.123. The van der Waals surface area contributed by atoms with Crippen LogP contribution in [0.3, 0.4) is 0 Å². The Hall–Kier alpha value is -1.06. The third kappa shape index (κ3) is 3.41. The molecule has 0 amide bonds. The average molecular weight is 330 g/mol. The molecule has 0 saturated carbocycles. The summed E-state index contributed by atoms with van der Waals surface area (Å²) in [5.74, 6) is 0. The molecule has 0 aliphatic carbocycles. The Morgan fingerprint density at radius 3 is 2.76 bits per heavy atom. The molecule has 2 atom stereocenters. The summed E-state index contributed by atoms with van der Waals surface area (Å²) >= 11 is 4.92. The van der Waals surface area contributed by atoms with Gasteiger partial charge in [-0.25, -0.2) is 8.42 Å². The van der Waals surface area contributed by atoms with Gasteiger partial charge in [0.25, 0.3) is 0 Å². The van der Waals surface area contributed by atoms with Crippen LogP contribution in [0.1, 0.15) is 12.5 Å². The van der Waals surface area contributed by atoms with E-state index in [4.69, 9.17) is 22.7 Å². The molecule has 6 nitrogen and oxygen atoms in total. The van der Waals surface area contributed by atoms with Gasteiger partial charge in [-0.3, -0.25) is 0 Å². The molecule has 0 radical (unpaired) electrons. The van der Waals surface area contributed by atoms with E-state index in [-0.39, 0.29) is 35.7 Å². The van der Waals surface area contributed by atoms with Gasteiger partial charge in [0, 0.05) is 18.7 Å². The normalized spacial score (nSPS) is 23.9. The second-order valence-corrected chi connectivity index (χ2v) is 7.28. The Kier molecular flexibility index (Phi) is 4.95. The molecule has 1 aliphatic rings. The van der Waals surface area contributed by atoms with Crippen LogP contribution in [0.15, 0.2) is 29.2 Å². The molecule has 2 rings (SSSR count). The molecule has 0 aromatic heterocycles. The molecule has 1 aliphatic heterocycles. The van der Waals surface area contributed by atoms with Gasteiger partial charge in [-0.1, -0.05) is 30.4 Å². The van der Waals surface area contributed by atoms with E-state index in [0.29, 0.717) is 5.56 Å². The molecule has 2 unspecified atom stereocenters. The Bertz CT molecular complexity index is 633. The molecule has 8 heteroatoms. The summed E-state index contributed by atoms with van der Waals surface area (Å²) in [5, 5.41) is 9.22. The first kappa shape index (κ1) is 16.3. The molecular formula is C13H18N2O4S2. The quantitative estimate of drug-likeness (QED) is 0.760. The number of hydrogen-bond acceptors (Lipinski definition) is 5. The zero-order chi connectivity index (χ0) is 15.6. The van der Waals surface area contributed by atoms with Gasteiger partial charge >= 0.3 is 0 Å². The molecule has 1 aromatic rings. The first-order valence-electron chi connectivity index (χ1n) is 6.51. The van der Waals surface area contributed by atoms with Crippen molar-refractivity contribution in [2.24, 2.45) is 5.73 Å². The van der Waals surface area contributed by atoms with Crippen LogP contribution in [0.5, 0.6) is 0 Å². The average Bonchev–Trinajstić information content (AvgIpc) is 2.46. The largest absolute Gasteiger partial charge is 0.394 e. The number of thiocarbonyl (C=S) groups is 1. The number of morpholine rings is 1. The monoisotopic (exact) mass is 330 g/mol. The van der Waals surface area contributed by atoms with E-state index in [1.54, 1.807) is 25.1 Å². The zero-order valence-electron chi connectivity index (χ0n) is 11.6. The van der Waals surface area contributed by atoms with Crippen LogP contribution in [-0.2, 0) is 14.8 Å². The van der Waals surface area contributed by atoms with Crippen LogP contribution in [0, 0.1) is 0 Å². The molecule has 1 aromatic carbocycles. The lowest BCUT2D eigenvalue weighted by molar-refractivity contribution is -0.0750. The van der Waals surface area contributed by atoms with Crippen molar-refractivity contribution < 1.29 is 18.3 Å². The standard InChI is InChI=1S/C13H18N2O4S2/c1-9-6-15(7-10(8-16)19-9)21(17,18)12-5-3-2-4-11(12)13(14)20/h2-5,9-10,16H,6-8H2,1H3,(H2,14,20). The van der Waals surface area contributed by atoms with Gasteiger partial charge in [0.15, 0.2) is 0 Å². The number of aliphatic hydroxyl groups is 1. The van der Waals surface area contributed by atoms with E-state index in [9.17, 15) is 13.5 Å². The summed E-state index contributed by atoms with van der Waals surface area (Å²) in [6.07, 6.45) is -0.816. The number of hydrogen-bond donors (Lipinski definition) is 2. The maximum Gasteiger partial charge on any atom is 0.243 e. The van der Waals surface area contributed by atoms with Gasteiger partial charge in [0.1, 0.15) is 4.99 Å². The van der Waals surface area contributed by atoms with Crippen molar-refractivity contribution in [2.75, 3.05) is 19.7 Å². The Labute approximate surface area is 129 Å². The smallest absolute Gasteiger partial charge is 0.243 e. The highest BCUT2D eigenvalue weighted by Crippen LogP contribution is 2.23. The molecular weight excluding hydrogens is 312 g/mol. The molecule has 0 bridgehead atoms. The highest BCUT2D eigenvalue weighted by atomic mass is 32.2. The van der Waals surface area contributed by atoms with Gasteiger partial charge in [-0.2, -0.15) is 4.31 Å². The molecule has 21 heavy (non-hydrogen) atoms. The fourth-order valence-electron chi connectivity index (χ4n) is 2.33. The van der Waals surface area contributed by atoms with E-state index in [1.807, 2.05) is 0 Å². The van der Waals surface area contributed by atoms with E-state index >= 15 is 0 Å². The summed E-state index contributed by atoms with van der Waals surface area (Å²) in [6.45, 7) is 1.87. The highest BCUT2D eigenvalue weighted by molar-refractivity contribution is 7.89. The van der Waals surface area contributed by atoms with Crippen LogP contribution >= 0.6 is 12.2 Å². The van der Waals surface area contributed by atoms with Crippen LogP contribution in [0.2, 0.25) is 0 Å². The third-order valence-corrected chi connectivity index (χ3v) is 5.38. The summed E-state index contributed by atoms with van der Waals surface area (Å²) in [5.41, 5.74) is 5.93. The number of aliphatic hydroxyl groups excluding tert-OH is 1. The predicted octanol–water partition coefficient (Wildman–Crippen LogP) is 0.0911. The van der Waals surface area contributed by atoms with Gasteiger partial charge in [-0.15, -0.1) is 0 Å². The first-order valence-corrected chi connectivity index (χ1v) is 8.36. The first-order chi connectivity index (χ1) is 9.86. The predicted molar refractivity (Wildman–Crippen MR) is 82.5 cm³/mol. The minimum Gasteiger partial charge on any atom is -0.394 e. The molecule has 1 heterocycles. The topological polar surface area (TPSA) is 92.9 Å². The summed E-state index contributed by atoms with van der Waals surface area (Å²) in [7, 11) is -3.74. The molecule has 0 spiro atoms. The van der Waals surface area contributed by atoms with Crippen LogP contribution in [-0.4, -0.2) is 54.7 Å². The fraction of sp³-hybridized carbons (Fsp3) is 0.462. The van der Waals surface area contributed by atoms with Crippen LogP contribution in [0.25, 0.3) is 0 Å². The van der Waals surface area contributed by atoms with Crippen LogP contribution in [0.4, 0.5) is 0 Å². The number of benzene rings is 1. The van der Waals surface area contributed by atoms with Crippen molar-refractivity contribution in [1.29, 1.82) is 0 Å².